The van der Waals surface area contributed by atoms with Crippen LogP contribution in [0.5, 0.6) is 11.5 Å². The molecule has 0 heterocycles. The van der Waals surface area contributed by atoms with Gasteiger partial charge in [-0.05, 0) is 69.2 Å². The minimum absolute atomic E-state index is 0.0313. The number of carbonyl (C=O) groups excluding carboxylic acids is 2. The Balaban J connectivity index is 2.17. The molecule has 65 heavy (non-hydrogen) atoms. The van der Waals surface area contributed by atoms with Crippen molar-refractivity contribution in [1.29, 1.82) is 0 Å². The second-order valence-electron chi connectivity index (χ2n) is 15.8. The molecule has 1 aliphatic rings. The van der Waals surface area contributed by atoms with Crippen LogP contribution in [0.2, 0.25) is 0 Å². The Morgan fingerprint density at radius 3 is 1.57 bits per heavy atom. The number of hydrogen-bond donors (Lipinski definition) is 1. The van der Waals surface area contributed by atoms with Gasteiger partial charge in [0.05, 0.1) is 26.9 Å². The quantitative estimate of drug-likeness (QED) is 0.0363. The zero-order chi connectivity index (χ0) is 50.3. The number of halogens is 18. The Kier molecular flexibility index (Phi) is 18.5. The van der Waals surface area contributed by atoms with E-state index in [9.17, 15) is 88.6 Å². The first kappa shape index (κ1) is 57.3. The lowest BCUT2D eigenvalue weighted by Gasteiger charge is -2.36. The summed E-state index contributed by atoms with van der Waals surface area (Å²) in [5, 5.41) is 3.00. The van der Waals surface area contributed by atoms with E-state index in [-0.39, 0.29) is 23.4 Å². The van der Waals surface area contributed by atoms with E-state index in [0.717, 1.165) is 6.08 Å². The predicted molar refractivity (Wildman–Crippen MR) is 192 cm³/mol. The number of amides is 1. The van der Waals surface area contributed by atoms with Crippen LogP contribution in [0.25, 0.3) is 6.08 Å². The molecule has 0 bridgehead atoms. The van der Waals surface area contributed by atoms with Crippen molar-refractivity contribution in [2.75, 3.05) is 26.9 Å². The van der Waals surface area contributed by atoms with E-state index < -0.39 is 117 Å². The van der Waals surface area contributed by atoms with Crippen molar-refractivity contribution in [2.45, 2.75) is 151 Å². The molecule has 0 unspecified atom stereocenters. The van der Waals surface area contributed by atoms with Crippen molar-refractivity contribution in [3.63, 3.8) is 0 Å². The molecule has 1 aromatic rings. The van der Waals surface area contributed by atoms with Crippen LogP contribution in [0.3, 0.4) is 0 Å². The van der Waals surface area contributed by atoms with E-state index >= 15 is 0 Å². The highest BCUT2D eigenvalue weighted by Crippen LogP contribution is 2.55. The molecule has 0 saturated heterocycles. The highest BCUT2D eigenvalue weighted by atomic mass is 19.4. The zero-order valence-electron chi connectivity index (χ0n) is 35.2. The minimum Gasteiger partial charge on any atom is -0.493 e. The summed E-state index contributed by atoms with van der Waals surface area (Å²) in [6, 6.07) is 4.01. The number of ether oxygens (including phenoxy) is 5. The highest BCUT2D eigenvalue weighted by molar-refractivity contribution is 5.87. The first-order chi connectivity index (χ1) is 29.3. The Morgan fingerprint density at radius 1 is 0.662 bits per heavy atom. The average Bonchev–Trinajstić information content (AvgIpc) is 3.18. The molecule has 1 N–H and O–H groups in total. The fourth-order valence-corrected chi connectivity index (χ4v) is 5.82. The van der Waals surface area contributed by atoms with Crippen LogP contribution in [0, 0.1) is 5.41 Å². The molecule has 1 amide bonds. The standard InChI is InChI=1S/C39H47F18NO7/c1-6-30(2,3)29(60)58-24-10-12-25(13-11-24)65-28(59)15-9-23-8-14-26(61-5)27(22-23)62-19-7-16-31(4,63-20-17-32(40,41)34(44,45)36(48,49)38(52,53)54)64-21-18-33(42,43)35(46,47)37(50,51)39(55,56)57/h8-9,14-15,22,24-25H,6-7,10-13,16-21H2,1-5H3,(H,58,60)/b15-9+/t24-,25-. The summed E-state index contributed by atoms with van der Waals surface area (Å²) >= 11 is 0. The van der Waals surface area contributed by atoms with Gasteiger partial charge in [-0.3, -0.25) is 4.79 Å². The maximum atomic E-state index is 14.2. The lowest BCUT2D eigenvalue weighted by molar-refractivity contribution is -0.399. The van der Waals surface area contributed by atoms with Gasteiger partial charge in [0.15, 0.2) is 17.3 Å². The van der Waals surface area contributed by atoms with Crippen LogP contribution < -0.4 is 14.8 Å². The van der Waals surface area contributed by atoms with Gasteiger partial charge in [-0.15, -0.1) is 0 Å². The van der Waals surface area contributed by atoms with Gasteiger partial charge in [-0.25, -0.2) is 4.79 Å². The molecule has 26 heteroatoms. The Bertz CT molecular complexity index is 1700. The third-order valence-corrected chi connectivity index (χ3v) is 10.5. The Labute approximate surface area is 360 Å². The van der Waals surface area contributed by atoms with Gasteiger partial charge in [0.1, 0.15) is 6.10 Å². The van der Waals surface area contributed by atoms with Crippen molar-refractivity contribution in [2.24, 2.45) is 5.41 Å². The molecular formula is C39H47F18NO7. The Morgan fingerprint density at radius 2 is 1.14 bits per heavy atom. The number of carbonyl (C=O) groups is 2. The molecular weight excluding hydrogens is 936 g/mol. The first-order valence-corrected chi connectivity index (χ1v) is 19.5. The first-order valence-electron chi connectivity index (χ1n) is 19.5. The number of esters is 1. The zero-order valence-corrected chi connectivity index (χ0v) is 35.2. The maximum absolute atomic E-state index is 14.2. The molecule has 0 aromatic heterocycles. The fraction of sp³-hybridized carbons (Fsp3) is 0.744. The van der Waals surface area contributed by atoms with Gasteiger partial charge in [0.2, 0.25) is 5.91 Å². The highest BCUT2D eigenvalue weighted by Gasteiger charge is 2.82. The van der Waals surface area contributed by atoms with E-state index in [2.05, 4.69) is 5.32 Å². The monoisotopic (exact) mass is 983 g/mol. The van der Waals surface area contributed by atoms with Gasteiger partial charge < -0.3 is 29.0 Å². The van der Waals surface area contributed by atoms with Crippen LogP contribution in [0.15, 0.2) is 24.3 Å². The summed E-state index contributed by atoms with van der Waals surface area (Å²) in [6.45, 7) is 1.66. The van der Waals surface area contributed by atoms with E-state index in [1.165, 1.54) is 31.4 Å². The van der Waals surface area contributed by atoms with Gasteiger partial charge in [0, 0.05) is 36.8 Å². The fourth-order valence-electron chi connectivity index (χ4n) is 5.82. The van der Waals surface area contributed by atoms with E-state index in [1.807, 2.05) is 20.8 Å². The summed E-state index contributed by atoms with van der Waals surface area (Å²) in [6.07, 6.45) is -16.4. The lowest BCUT2D eigenvalue weighted by Crippen LogP contribution is -2.61. The number of alkyl halides is 18. The summed E-state index contributed by atoms with van der Waals surface area (Å²) in [5.41, 5.74) is -0.256. The van der Waals surface area contributed by atoms with Crippen molar-refractivity contribution in [3.05, 3.63) is 29.8 Å². The number of hydrogen-bond acceptors (Lipinski definition) is 7. The summed E-state index contributed by atoms with van der Waals surface area (Å²) < 4.78 is 266. The predicted octanol–water partition coefficient (Wildman–Crippen LogP) is 11.7. The van der Waals surface area contributed by atoms with Gasteiger partial charge in [-0.2, -0.15) is 79.0 Å². The smallest absolute Gasteiger partial charge is 0.460 e. The molecule has 0 atom stereocenters. The van der Waals surface area contributed by atoms with E-state index in [4.69, 9.17) is 23.7 Å². The topological polar surface area (TPSA) is 92.3 Å². The van der Waals surface area contributed by atoms with Crippen LogP contribution in [0.4, 0.5) is 79.0 Å². The maximum Gasteiger partial charge on any atom is 0.460 e. The van der Waals surface area contributed by atoms with Gasteiger partial charge in [-0.1, -0.05) is 26.8 Å². The van der Waals surface area contributed by atoms with Gasteiger partial charge >= 0.3 is 53.9 Å². The van der Waals surface area contributed by atoms with E-state index in [1.54, 1.807) is 0 Å². The lowest BCUT2D eigenvalue weighted by atomic mass is 9.87. The molecule has 0 radical (unpaired) electrons. The van der Waals surface area contributed by atoms with Crippen molar-refractivity contribution in [3.8, 4) is 11.5 Å². The molecule has 8 nitrogen and oxygen atoms in total. The summed E-state index contributed by atoms with van der Waals surface area (Å²) in [7, 11) is 1.19. The second kappa shape index (κ2) is 21.0. The molecule has 1 saturated carbocycles. The summed E-state index contributed by atoms with van der Waals surface area (Å²) in [5.74, 6) is -44.9. The Hall–Kier alpha value is -3.84. The molecule has 0 aliphatic heterocycles. The number of rotatable bonds is 24. The molecule has 1 fully saturated rings. The third kappa shape index (κ3) is 13.9. The van der Waals surface area contributed by atoms with Crippen LogP contribution in [-0.2, 0) is 23.8 Å². The van der Waals surface area contributed by atoms with Crippen molar-refractivity contribution < 1.29 is 112 Å². The number of nitrogens with one attached hydrogen (secondary N) is 1. The number of methoxy groups -OCH3 is 1. The largest absolute Gasteiger partial charge is 0.493 e. The molecule has 376 valence electrons. The third-order valence-electron chi connectivity index (χ3n) is 10.5. The molecule has 1 aromatic carbocycles. The number of benzene rings is 1. The SMILES string of the molecule is CCC(C)(C)C(=O)N[C@H]1CC[C@H](OC(=O)/C=C/c2ccc(OC)c(OCCCC(C)(OCCC(F)(F)C(F)(F)C(F)(F)C(F)(F)F)OCCC(F)(F)C(F)(F)C(F)(F)C(F)(F)F)c2)CC1. The molecule has 0 spiro atoms. The minimum atomic E-state index is -7.30. The van der Waals surface area contributed by atoms with Crippen molar-refractivity contribution >= 4 is 18.0 Å². The van der Waals surface area contributed by atoms with Crippen LogP contribution >= 0.6 is 0 Å². The molecule has 1 aliphatic carbocycles. The van der Waals surface area contributed by atoms with Crippen LogP contribution in [-0.4, -0.2) is 105 Å². The second-order valence-corrected chi connectivity index (χ2v) is 15.8. The summed E-state index contributed by atoms with van der Waals surface area (Å²) in [4.78, 5) is 25.1. The van der Waals surface area contributed by atoms with Gasteiger partial charge in [0.25, 0.3) is 0 Å². The van der Waals surface area contributed by atoms with Crippen molar-refractivity contribution in [1.82, 2.24) is 5.32 Å². The van der Waals surface area contributed by atoms with E-state index in [0.29, 0.717) is 44.6 Å². The normalized spacial score (nSPS) is 17.9. The van der Waals surface area contributed by atoms with Crippen LogP contribution in [0.1, 0.15) is 91.0 Å². The average molecular weight is 984 g/mol. The molecule has 2 rings (SSSR count).